The number of benzene rings is 2. The highest BCUT2D eigenvalue weighted by Gasteiger charge is 2.65. The van der Waals surface area contributed by atoms with Crippen LogP contribution >= 0.6 is 23.2 Å². The van der Waals surface area contributed by atoms with E-state index in [1.807, 2.05) is 20.8 Å². The lowest BCUT2D eigenvalue weighted by atomic mass is 9.62. The van der Waals surface area contributed by atoms with E-state index in [9.17, 15) is 19.1 Å². The van der Waals surface area contributed by atoms with Crippen molar-refractivity contribution < 1.29 is 19.1 Å². The number of anilines is 1. The Bertz CT molecular complexity index is 1080. The molecule has 0 aliphatic carbocycles. The Morgan fingerprint density at radius 1 is 1.19 bits per heavy atom. The van der Waals surface area contributed by atoms with Gasteiger partial charge in [0, 0.05) is 22.7 Å². The molecule has 4 atom stereocenters. The van der Waals surface area contributed by atoms with Gasteiger partial charge in [0.05, 0.1) is 5.02 Å². The largest absolute Gasteiger partial charge is 0.480 e. The molecule has 2 aromatic carbocycles. The van der Waals surface area contributed by atoms with E-state index < -0.39 is 35.2 Å². The first-order valence-corrected chi connectivity index (χ1v) is 10.8. The van der Waals surface area contributed by atoms with Gasteiger partial charge in [-0.3, -0.25) is 14.9 Å². The predicted octanol–water partition coefficient (Wildman–Crippen LogP) is 4.97. The average Bonchev–Trinajstić information content (AvgIpc) is 3.12. The van der Waals surface area contributed by atoms with Crippen molar-refractivity contribution in [2.45, 2.75) is 50.6 Å². The van der Waals surface area contributed by atoms with Crippen LogP contribution in [0.2, 0.25) is 10.0 Å². The maximum absolute atomic E-state index is 14.4. The fourth-order valence-corrected chi connectivity index (χ4v) is 5.40. The van der Waals surface area contributed by atoms with Gasteiger partial charge in [0.15, 0.2) is 0 Å². The Kier molecular flexibility index (Phi) is 5.31. The SMILES string of the molecule is CC(C)(C)CC1NC(C(=O)O)C(c2ccc(Cl)c(F)c2)C12C(=O)Nc1cc(Cl)ccc12. The van der Waals surface area contributed by atoms with Gasteiger partial charge in [-0.1, -0.05) is 56.1 Å². The molecule has 0 bridgehead atoms. The van der Waals surface area contributed by atoms with E-state index in [1.165, 1.54) is 12.1 Å². The van der Waals surface area contributed by atoms with Gasteiger partial charge in [-0.25, -0.2) is 4.39 Å². The van der Waals surface area contributed by atoms with Crippen LogP contribution in [0.3, 0.4) is 0 Å². The van der Waals surface area contributed by atoms with E-state index in [0.717, 1.165) is 0 Å². The summed E-state index contributed by atoms with van der Waals surface area (Å²) < 4.78 is 14.4. The number of amides is 1. The number of carbonyl (C=O) groups is 2. The predicted molar refractivity (Wildman–Crippen MR) is 118 cm³/mol. The van der Waals surface area contributed by atoms with Gasteiger partial charge in [-0.15, -0.1) is 0 Å². The quantitative estimate of drug-likeness (QED) is 0.599. The molecule has 2 heterocycles. The molecule has 1 amide bonds. The third kappa shape index (κ3) is 3.51. The zero-order valence-corrected chi connectivity index (χ0v) is 18.8. The van der Waals surface area contributed by atoms with E-state index in [1.54, 1.807) is 24.3 Å². The van der Waals surface area contributed by atoms with E-state index >= 15 is 0 Å². The first kappa shape index (κ1) is 22.1. The van der Waals surface area contributed by atoms with Crippen LogP contribution in [-0.2, 0) is 15.0 Å². The van der Waals surface area contributed by atoms with Gasteiger partial charge >= 0.3 is 5.97 Å². The molecule has 0 aromatic heterocycles. The number of hydrogen-bond donors (Lipinski definition) is 3. The van der Waals surface area contributed by atoms with E-state index in [-0.39, 0.29) is 16.3 Å². The van der Waals surface area contributed by atoms with Crippen molar-refractivity contribution >= 4 is 40.8 Å². The molecule has 0 radical (unpaired) electrons. The Labute approximate surface area is 189 Å². The fourth-order valence-electron chi connectivity index (χ4n) is 5.11. The Hall–Kier alpha value is -2.15. The number of carboxylic acids is 1. The second-order valence-corrected chi connectivity index (χ2v) is 10.3. The standard InChI is InChI=1S/C23H23Cl2FN2O3/c1-22(2,3)10-17-23(13-6-5-12(24)9-16(13)27-21(23)31)18(19(28-17)20(29)30)11-4-7-14(25)15(26)8-11/h4-9,17-19,28H,10H2,1-3H3,(H,27,31)(H,29,30). The summed E-state index contributed by atoms with van der Waals surface area (Å²) in [7, 11) is 0. The second-order valence-electron chi connectivity index (χ2n) is 9.46. The van der Waals surface area contributed by atoms with Gasteiger partial charge in [0.2, 0.25) is 5.91 Å². The van der Waals surface area contributed by atoms with Crippen LogP contribution in [0, 0.1) is 11.2 Å². The summed E-state index contributed by atoms with van der Waals surface area (Å²) in [5, 5.41) is 16.6. The minimum Gasteiger partial charge on any atom is -0.480 e. The smallest absolute Gasteiger partial charge is 0.321 e. The van der Waals surface area contributed by atoms with Gasteiger partial charge in [0.25, 0.3) is 0 Å². The highest BCUT2D eigenvalue weighted by molar-refractivity contribution is 6.31. The highest BCUT2D eigenvalue weighted by atomic mass is 35.5. The van der Waals surface area contributed by atoms with Gasteiger partial charge in [0.1, 0.15) is 17.3 Å². The molecule has 31 heavy (non-hydrogen) atoms. The van der Waals surface area contributed by atoms with Crippen LogP contribution in [-0.4, -0.2) is 29.1 Å². The number of carbonyl (C=O) groups excluding carboxylic acids is 1. The summed E-state index contributed by atoms with van der Waals surface area (Å²) in [5.74, 6) is -2.94. The van der Waals surface area contributed by atoms with Crippen molar-refractivity contribution in [1.29, 1.82) is 0 Å². The van der Waals surface area contributed by atoms with Crippen LogP contribution in [0.25, 0.3) is 0 Å². The Balaban J connectivity index is 2.01. The van der Waals surface area contributed by atoms with Crippen molar-refractivity contribution in [3.63, 3.8) is 0 Å². The first-order valence-electron chi connectivity index (χ1n) is 10.0. The molecule has 2 aliphatic rings. The summed E-state index contributed by atoms with van der Waals surface area (Å²) in [4.78, 5) is 26.0. The van der Waals surface area contributed by atoms with Crippen molar-refractivity contribution in [1.82, 2.24) is 5.32 Å². The molecule has 1 spiro atoms. The lowest BCUT2D eigenvalue weighted by molar-refractivity contribution is -0.139. The molecule has 164 valence electrons. The van der Waals surface area contributed by atoms with Crippen molar-refractivity contribution in [2.24, 2.45) is 5.41 Å². The number of rotatable bonds is 3. The maximum atomic E-state index is 14.4. The first-order chi connectivity index (χ1) is 14.4. The van der Waals surface area contributed by atoms with E-state index in [2.05, 4.69) is 10.6 Å². The molecule has 0 saturated carbocycles. The lowest BCUT2D eigenvalue weighted by Gasteiger charge is -2.37. The molecular formula is C23H23Cl2FN2O3. The van der Waals surface area contributed by atoms with Crippen LogP contribution in [0.5, 0.6) is 0 Å². The normalized spacial score (nSPS) is 27.4. The summed E-state index contributed by atoms with van der Waals surface area (Å²) in [6.07, 6.45) is 0.527. The van der Waals surface area contributed by atoms with Crippen molar-refractivity contribution in [3.8, 4) is 0 Å². The minimum atomic E-state index is -1.25. The van der Waals surface area contributed by atoms with Crippen molar-refractivity contribution in [3.05, 3.63) is 63.4 Å². The van der Waals surface area contributed by atoms with Crippen LogP contribution in [0.4, 0.5) is 10.1 Å². The number of carboxylic acid groups (broad SMARTS) is 1. The highest BCUT2D eigenvalue weighted by Crippen LogP contribution is 2.56. The minimum absolute atomic E-state index is 0.0649. The fraction of sp³-hybridized carbons (Fsp3) is 0.391. The van der Waals surface area contributed by atoms with Gasteiger partial charge in [-0.05, 0) is 47.2 Å². The lowest BCUT2D eigenvalue weighted by Crippen LogP contribution is -2.49. The summed E-state index contributed by atoms with van der Waals surface area (Å²) in [6.45, 7) is 6.09. The molecule has 3 N–H and O–H groups in total. The molecule has 1 saturated heterocycles. The topological polar surface area (TPSA) is 78.4 Å². The molecule has 8 heteroatoms. The zero-order chi connectivity index (χ0) is 22.7. The van der Waals surface area contributed by atoms with Gasteiger partial charge < -0.3 is 10.4 Å². The number of aliphatic carboxylic acids is 1. The molecule has 1 fully saturated rings. The number of halogens is 3. The maximum Gasteiger partial charge on any atom is 0.321 e. The number of hydrogen-bond acceptors (Lipinski definition) is 3. The molecule has 2 aliphatic heterocycles. The van der Waals surface area contributed by atoms with Crippen LogP contribution in [0.15, 0.2) is 36.4 Å². The molecule has 4 rings (SSSR count). The number of fused-ring (bicyclic) bond motifs is 2. The third-order valence-electron chi connectivity index (χ3n) is 6.19. The number of nitrogens with one attached hydrogen (secondary N) is 2. The Morgan fingerprint density at radius 3 is 2.52 bits per heavy atom. The molecule has 4 unspecified atom stereocenters. The molecular weight excluding hydrogens is 442 g/mol. The third-order valence-corrected chi connectivity index (χ3v) is 6.73. The summed E-state index contributed by atoms with van der Waals surface area (Å²) >= 11 is 12.0. The van der Waals surface area contributed by atoms with E-state index in [0.29, 0.717) is 28.3 Å². The monoisotopic (exact) mass is 464 g/mol. The average molecular weight is 465 g/mol. The van der Waals surface area contributed by atoms with Gasteiger partial charge in [-0.2, -0.15) is 0 Å². The van der Waals surface area contributed by atoms with Crippen molar-refractivity contribution in [2.75, 3.05) is 5.32 Å². The van der Waals surface area contributed by atoms with Crippen LogP contribution < -0.4 is 10.6 Å². The van der Waals surface area contributed by atoms with E-state index in [4.69, 9.17) is 23.2 Å². The molecule has 5 nitrogen and oxygen atoms in total. The second kappa shape index (κ2) is 7.47. The zero-order valence-electron chi connectivity index (χ0n) is 17.3. The summed E-state index contributed by atoms with van der Waals surface area (Å²) in [6, 6.07) is 7.72. The summed E-state index contributed by atoms with van der Waals surface area (Å²) in [5.41, 5.74) is 0.146. The Morgan fingerprint density at radius 2 is 1.90 bits per heavy atom. The molecule has 2 aromatic rings. The van der Waals surface area contributed by atoms with Crippen LogP contribution in [0.1, 0.15) is 44.2 Å².